The molecule has 2 nitrogen and oxygen atoms in total. The van der Waals surface area contributed by atoms with E-state index >= 15 is 0 Å². The van der Waals surface area contributed by atoms with E-state index in [-0.39, 0.29) is 11.4 Å². The van der Waals surface area contributed by atoms with Crippen LogP contribution < -0.4 is 5.32 Å². The van der Waals surface area contributed by atoms with E-state index in [1.165, 1.54) is 10.9 Å². The van der Waals surface area contributed by atoms with Crippen LogP contribution in [0.3, 0.4) is 0 Å². The third kappa shape index (κ3) is 4.61. The second-order valence-electron chi connectivity index (χ2n) is 6.25. The number of benzene rings is 1. The summed E-state index contributed by atoms with van der Waals surface area (Å²) in [6.45, 7) is 9.43. The minimum atomic E-state index is -0.214. The van der Waals surface area contributed by atoms with Crippen molar-refractivity contribution in [3.8, 4) is 10.6 Å². The zero-order chi connectivity index (χ0) is 15.5. The molecule has 1 N–H and O–H groups in total. The number of rotatable bonds is 5. The van der Waals surface area contributed by atoms with Gasteiger partial charge in [-0.1, -0.05) is 25.5 Å². The van der Waals surface area contributed by atoms with Crippen molar-refractivity contribution in [2.75, 3.05) is 0 Å². The molecule has 0 atom stereocenters. The third-order valence-corrected chi connectivity index (χ3v) is 4.26. The van der Waals surface area contributed by atoms with E-state index in [9.17, 15) is 4.39 Å². The summed E-state index contributed by atoms with van der Waals surface area (Å²) in [4.78, 5) is 5.98. The molecule has 0 unspecified atom stereocenters. The van der Waals surface area contributed by atoms with Gasteiger partial charge in [-0.25, -0.2) is 9.37 Å². The minimum absolute atomic E-state index is 0.0759. The van der Waals surface area contributed by atoms with E-state index in [2.05, 4.69) is 33.0 Å². The highest BCUT2D eigenvalue weighted by Gasteiger charge is 2.15. The highest BCUT2D eigenvalue weighted by atomic mass is 32.1. The quantitative estimate of drug-likeness (QED) is 0.859. The molecule has 0 aliphatic heterocycles. The number of thiazole rings is 1. The maximum Gasteiger partial charge on any atom is 0.124 e. The fourth-order valence-corrected chi connectivity index (χ4v) is 3.09. The van der Waals surface area contributed by atoms with Gasteiger partial charge in [0.15, 0.2) is 0 Å². The van der Waals surface area contributed by atoms with Gasteiger partial charge < -0.3 is 5.32 Å². The van der Waals surface area contributed by atoms with Gasteiger partial charge in [0.05, 0.1) is 5.69 Å². The van der Waals surface area contributed by atoms with Gasteiger partial charge >= 0.3 is 0 Å². The van der Waals surface area contributed by atoms with E-state index in [4.69, 9.17) is 4.98 Å². The van der Waals surface area contributed by atoms with E-state index < -0.39 is 0 Å². The van der Waals surface area contributed by atoms with Gasteiger partial charge in [-0.3, -0.25) is 0 Å². The number of halogens is 1. The Balaban J connectivity index is 2.28. The van der Waals surface area contributed by atoms with Crippen LogP contribution in [0.1, 0.15) is 44.7 Å². The smallest absolute Gasteiger partial charge is 0.124 e. The molecule has 2 aromatic rings. The number of hydrogen-bond donors (Lipinski definition) is 1. The molecule has 114 valence electrons. The van der Waals surface area contributed by atoms with Gasteiger partial charge in [-0.05, 0) is 39.3 Å². The van der Waals surface area contributed by atoms with Gasteiger partial charge in [0.2, 0.25) is 0 Å². The summed E-state index contributed by atoms with van der Waals surface area (Å²) in [5.74, 6) is -0.214. The molecule has 0 fully saturated rings. The number of nitrogens with zero attached hydrogens (tertiary/aromatic N) is 1. The van der Waals surface area contributed by atoms with Crippen molar-refractivity contribution in [1.82, 2.24) is 10.3 Å². The summed E-state index contributed by atoms with van der Waals surface area (Å²) in [7, 11) is 0. The number of hydrogen-bond acceptors (Lipinski definition) is 3. The van der Waals surface area contributed by atoms with Crippen LogP contribution >= 0.6 is 11.3 Å². The van der Waals surface area contributed by atoms with Crippen LogP contribution in [0.25, 0.3) is 10.6 Å². The zero-order valence-corrected chi connectivity index (χ0v) is 14.0. The monoisotopic (exact) mass is 306 g/mol. The Morgan fingerprint density at radius 2 is 2.05 bits per heavy atom. The van der Waals surface area contributed by atoms with Gasteiger partial charge in [0.25, 0.3) is 0 Å². The maximum absolute atomic E-state index is 13.4. The molecule has 1 aromatic heterocycles. The first kappa shape index (κ1) is 16.1. The van der Waals surface area contributed by atoms with Crippen LogP contribution in [0, 0.1) is 5.82 Å². The van der Waals surface area contributed by atoms with E-state index in [1.807, 2.05) is 6.07 Å². The first-order valence-corrected chi connectivity index (χ1v) is 8.20. The van der Waals surface area contributed by atoms with Crippen LogP contribution in [-0.4, -0.2) is 10.5 Å². The Bertz CT molecular complexity index is 599. The van der Waals surface area contributed by atoms with Crippen LogP contribution in [0.15, 0.2) is 24.3 Å². The van der Waals surface area contributed by atoms with Gasteiger partial charge in [0, 0.05) is 22.5 Å². The van der Waals surface area contributed by atoms with E-state index in [1.54, 1.807) is 23.5 Å². The molecular weight excluding hydrogens is 283 g/mol. The topological polar surface area (TPSA) is 24.9 Å². The lowest BCUT2D eigenvalue weighted by molar-refractivity contribution is 0.425. The molecule has 0 aliphatic carbocycles. The number of aryl methyl sites for hydroxylation is 1. The van der Waals surface area contributed by atoms with Crippen molar-refractivity contribution in [2.45, 2.75) is 52.6 Å². The van der Waals surface area contributed by atoms with E-state index in [0.29, 0.717) is 0 Å². The van der Waals surface area contributed by atoms with Gasteiger partial charge in [-0.15, -0.1) is 11.3 Å². The molecule has 0 amide bonds. The van der Waals surface area contributed by atoms with Crippen molar-refractivity contribution < 1.29 is 4.39 Å². The number of aromatic nitrogens is 1. The average molecular weight is 306 g/mol. The zero-order valence-electron chi connectivity index (χ0n) is 13.2. The molecule has 0 radical (unpaired) electrons. The highest BCUT2D eigenvalue weighted by molar-refractivity contribution is 7.15. The molecule has 2 rings (SSSR count). The molecule has 0 saturated heterocycles. The summed E-state index contributed by atoms with van der Waals surface area (Å²) in [6.07, 6.45) is 2.03. The van der Waals surface area contributed by atoms with Crippen LogP contribution in [-0.2, 0) is 13.0 Å². The molecule has 4 heteroatoms. The Morgan fingerprint density at radius 1 is 1.29 bits per heavy atom. The Morgan fingerprint density at radius 3 is 2.67 bits per heavy atom. The van der Waals surface area contributed by atoms with Crippen LogP contribution in [0.5, 0.6) is 0 Å². The second-order valence-corrected chi connectivity index (χ2v) is 7.34. The molecule has 1 heterocycles. The normalized spacial score (nSPS) is 11.9. The summed E-state index contributed by atoms with van der Waals surface area (Å²) in [5, 5.41) is 4.42. The Hall–Kier alpha value is -1.26. The molecule has 21 heavy (non-hydrogen) atoms. The van der Waals surface area contributed by atoms with Crippen LogP contribution in [0.4, 0.5) is 4.39 Å². The Kier molecular flexibility index (Phi) is 5.12. The van der Waals surface area contributed by atoms with Gasteiger partial charge in [0.1, 0.15) is 10.8 Å². The molecule has 1 aromatic carbocycles. The Labute approximate surface area is 130 Å². The molecule has 0 bridgehead atoms. The summed E-state index contributed by atoms with van der Waals surface area (Å²) in [6, 6.07) is 6.67. The summed E-state index contributed by atoms with van der Waals surface area (Å²) >= 11 is 1.66. The van der Waals surface area contributed by atoms with Crippen molar-refractivity contribution >= 4 is 11.3 Å². The molecular formula is C17H23FN2S. The van der Waals surface area contributed by atoms with E-state index in [0.717, 1.165) is 35.7 Å². The molecule has 0 aliphatic rings. The SMILES string of the molecule is CCCc1nc(-c2cccc(F)c2)sc1CNC(C)(C)C. The first-order valence-electron chi connectivity index (χ1n) is 7.38. The summed E-state index contributed by atoms with van der Waals surface area (Å²) in [5.41, 5.74) is 2.07. The van der Waals surface area contributed by atoms with Crippen molar-refractivity contribution in [2.24, 2.45) is 0 Å². The first-order chi connectivity index (χ1) is 9.89. The van der Waals surface area contributed by atoms with Crippen molar-refractivity contribution in [3.63, 3.8) is 0 Å². The van der Waals surface area contributed by atoms with Crippen molar-refractivity contribution in [3.05, 3.63) is 40.7 Å². The maximum atomic E-state index is 13.4. The lowest BCUT2D eigenvalue weighted by Gasteiger charge is -2.20. The second kappa shape index (κ2) is 6.67. The minimum Gasteiger partial charge on any atom is -0.307 e. The lowest BCUT2D eigenvalue weighted by atomic mass is 10.1. The average Bonchev–Trinajstić information content (AvgIpc) is 2.79. The predicted molar refractivity (Wildman–Crippen MR) is 88.1 cm³/mol. The largest absolute Gasteiger partial charge is 0.307 e. The fourth-order valence-electron chi connectivity index (χ4n) is 2.04. The standard InChI is InChI=1S/C17H23FN2S/c1-5-7-14-15(11-19-17(2,3)4)21-16(20-14)12-8-6-9-13(18)10-12/h6,8-10,19H,5,7,11H2,1-4H3. The number of nitrogens with one attached hydrogen (secondary N) is 1. The lowest BCUT2D eigenvalue weighted by Crippen LogP contribution is -2.35. The summed E-state index contributed by atoms with van der Waals surface area (Å²) < 4.78 is 13.4. The van der Waals surface area contributed by atoms with Crippen LogP contribution in [0.2, 0.25) is 0 Å². The highest BCUT2D eigenvalue weighted by Crippen LogP contribution is 2.29. The third-order valence-electron chi connectivity index (χ3n) is 3.12. The van der Waals surface area contributed by atoms with Crippen molar-refractivity contribution in [1.29, 1.82) is 0 Å². The van der Waals surface area contributed by atoms with Gasteiger partial charge in [-0.2, -0.15) is 0 Å². The fraction of sp³-hybridized carbons (Fsp3) is 0.471. The molecule has 0 spiro atoms. The molecule has 0 saturated carbocycles. The predicted octanol–water partition coefficient (Wildman–Crippen LogP) is 4.79.